The summed E-state index contributed by atoms with van der Waals surface area (Å²) in [6, 6.07) is 26.1. The zero-order valence-electron chi connectivity index (χ0n) is 21.3. The summed E-state index contributed by atoms with van der Waals surface area (Å²) in [5.74, 6) is 0. The summed E-state index contributed by atoms with van der Waals surface area (Å²) in [4.78, 5) is 22.6. The minimum atomic E-state index is -1.50. The van der Waals surface area contributed by atoms with E-state index in [4.69, 9.17) is 25.5 Å². The molecule has 0 amide bonds. The second kappa shape index (κ2) is 21.7. The first-order chi connectivity index (χ1) is 16.0. The van der Waals surface area contributed by atoms with Gasteiger partial charge in [-0.2, -0.15) is 0 Å². The molecule has 1 heterocycles. The number of fused-ring (bicyclic) bond motifs is 3. The number of rotatable bonds is 1. The van der Waals surface area contributed by atoms with Gasteiger partial charge < -0.3 is 44.9 Å². The van der Waals surface area contributed by atoms with E-state index < -0.39 is 16.8 Å². The number of hydrogen-bond donors (Lipinski definition) is 5. The van der Waals surface area contributed by atoms with Crippen LogP contribution in [0.1, 0.15) is 26.3 Å². The number of ether oxygens (including phenoxy) is 1. The van der Waals surface area contributed by atoms with Crippen LogP contribution in [0.2, 0.25) is 0 Å². The van der Waals surface area contributed by atoms with E-state index in [1.807, 2.05) is 54.7 Å². The molecule has 0 atom stereocenters. The fraction of sp³-hybridized carbons (Fsp3) is 0.200. The molecule has 9 N–H and O–H groups in total. The predicted molar refractivity (Wildman–Crippen MR) is 139 cm³/mol. The number of nitrogens with zero attached hydrogens (tertiary/aromatic N) is 2. The van der Waals surface area contributed by atoms with Crippen LogP contribution in [-0.2, 0) is 32.4 Å². The van der Waals surface area contributed by atoms with Crippen LogP contribution in [0, 0.1) is 10.1 Å². The van der Waals surface area contributed by atoms with Gasteiger partial charge in [-0.3, -0.25) is 4.98 Å². The Labute approximate surface area is 241 Å². The summed E-state index contributed by atoms with van der Waals surface area (Å²) < 4.78 is 4.35. The van der Waals surface area contributed by atoms with Gasteiger partial charge in [0, 0.05) is 17.0 Å². The normalized spacial score (nSPS) is 8.84. The molecule has 0 saturated heterocycles. The van der Waals surface area contributed by atoms with Crippen molar-refractivity contribution >= 4 is 27.8 Å². The molecular weight excluding hydrogens is 699 g/mol. The van der Waals surface area contributed by atoms with Gasteiger partial charge in [-0.05, 0) is 37.8 Å². The molecule has 3 aromatic carbocycles. The van der Waals surface area contributed by atoms with Crippen LogP contribution in [0.15, 0.2) is 85.1 Å². The summed E-state index contributed by atoms with van der Waals surface area (Å²) in [7, 11) is 0. The van der Waals surface area contributed by atoms with E-state index in [9.17, 15) is 4.79 Å². The molecule has 0 fully saturated rings. The van der Waals surface area contributed by atoms with Crippen molar-refractivity contribution in [2.24, 2.45) is 0 Å². The van der Waals surface area contributed by atoms with E-state index in [2.05, 4.69) is 40.1 Å². The van der Waals surface area contributed by atoms with Gasteiger partial charge in [-0.15, -0.1) is 10.1 Å². The number of aliphatic hydroxyl groups is 1. The Morgan fingerprint density at radius 3 is 1.79 bits per heavy atom. The van der Waals surface area contributed by atoms with Crippen LogP contribution in [0.5, 0.6) is 0 Å². The fourth-order valence-corrected chi connectivity index (χ4v) is 2.65. The molecular formula is C25H34ClN4O7Pt+3. The number of carboxylic acid groups (broad SMARTS) is 1. The van der Waals surface area contributed by atoms with Crippen molar-refractivity contribution < 1.29 is 63.5 Å². The van der Waals surface area contributed by atoms with Gasteiger partial charge in [0.15, 0.2) is 0 Å². The summed E-state index contributed by atoms with van der Waals surface area (Å²) in [6.45, 7) is 5.18. The molecule has 4 rings (SSSR count). The Hall–Kier alpha value is -3.34. The Morgan fingerprint density at radius 2 is 1.37 bits per heavy atom. The number of aliphatic hydroxyl groups excluding tert-OH is 1. The molecule has 0 aliphatic rings. The van der Waals surface area contributed by atoms with Crippen LogP contribution in [0.4, 0.5) is 4.79 Å². The largest absolute Gasteiger partial charge is 4.00 e. The van der Waals surface area contributed by atoms with Crippen LogP contribution < -0.4 is 24.7 Å². The molecule has 0 unspecified atom stereocenters. The van der Waals surface area contributed by atoms with Gasteiger partial charge in [0.1, 0.15) is 5.60 Å². The Bertz CT molecular complexity index is 1140. The van der Waals surface area contributed by atoms with E-state index in [-0.39, 0.29) is 52.4 Å². The molecule has 0 aliphatic heterocycles. The Morgan fingerprint density at radius 1 is 0.921 bits per heavy atom. The third-order valence-corrected chi connectivity index (χ3v) is 3.92. The second-order valence-electron chi connectivity index (χ2n) is 7.72. The second-order valence-corrected chi connectivity index (χ2v) is 7.72. The standard InChI is InChI=1S/C13H9N.C7H8O.C5H10O3.ClH.HNO3.2H3N.Pt/c1-2-6-11-10(5-1)9-14-13-8-4-3-7-12(11)13;8-6-7-4-2-1-3-5-7;1-5(2,3)8-4(6)7;;2-1(3)4;;;/h1-9H;1-5,8H,6H2;1-3H3,(H,6,7);1H;(H,2,3,4);2*1H3;/q;;;;;;;+4/p-1. The number of aromatic nitrogens is 1. The maximum Gasteiger partial charge on any atom is 4.00 e. The molecule has 13 heteroatoms. The molecule has 0 spiro atoms. The maximum absolute atomic E-state index is 9.79. The quantitative estimate of drug-likeness (QED) is 0.0835. The zero-order chi connectivity index (χ0) is 25.6. The minimum absolute atomic E-state index is 0. The topological polar surface area (TPSA) is 213 Å². The van der Waals surface area contributed by atoms with Crippen molar-refractivity contribution in [3.05, 3.63) is 101 Å². The average Bonchev–Trinajstić information content (AvgIpc) is 2.78. The van der Waals surface area contributed by atoms with E-state index >= 15 is 0 Å². The van der Waals surface area contributed by atoms with Crippen LogP contribution in [-0.4, -0.2) is 37.2 Å². The van der Waals surface area contributed by atoms with Crippen molar-refractivity contribution in [3.63, 3.8) is 0 Å². The third kappa shape index (κ3) is 18.0. The first-order valence-corrected chi connectivity index (χ1v) is 10.2. The molecule has 0 bridgehead atoms. The average molecular weight is 733 g/mol. The predicted octanol–water partition coefficient (Wildman–Crippen LogP) is 3.02. The van der Waals surface area contributed by atoms with Gasteiger partial charge in [0.2, 0.25) is 0 Å². The summed E-state index contributed by atoms with van der Waals surface area (Å²) in [5, 5.41) is 33.9. The molecule has 4 aromatic rings. The maximum atomic E-state index is 9.79. The number of halogens is 1. The van der Waals surface area contributed by atoms with Crippen molar-refractivity contribution in [1.29, 1.82) is 0 Å². The van der Waals surface area contributed by atoms with E-state index in [0.29, 0.717) is 0 Å². The first-order valence-electron chi connectivity index (χ1n) is 10.2. The van der Waals surface area contributed by atoms with Gasteiger partial charge in [-0.1, -0.05) is 72.8 Å². The van der Waals surface area contributed by atoms with Crippen LogP contribution in [0.3, 0.4) is 0 Å². The van der Waals surface area contributed by atoms with Gasteiger partial charge >= 0.3 is 27.2 Å². The molecule has 1 aromatic heterocycles. The molecule has 210 valence electrons. The number of hydrogen-bond acceptors (Lipinski definition) is 8. The molecule has 0 radical (unpaired) electrons. The molecule has 38 heavy (non-hydrogen) atoms. The number of pyridine rings is 1. The number of benzene rings is 3. The van der Waals surface area contributed by atoms with Gasteiger partial charge in [0.25, 0.3) is 5.09 Å². The minimum Gasteiger partial charge on any atom is -1.00 e. The molecule has 11 nitrogen and oxygen atoms in total. The van der Waals surface area contributed by atoms with Gasteiger partial charge in [-0.25, -0.2) is 4.79 Å². The fourth-order valence-electron chi connectivity index (χ4n) is 2.65. The van der Waals surface area contributed by atoms with E-state index in [1.54, 1.807) is 20.8 Å². The molecule has 0 saturated carbocycles. The van der Waals surface area contributed by atoms with Crippen molar-refractivity contribution in [3.8, 4) is 0 Å². The smallest absolute Gasteiger partial charge is 1.00 e. The number of para-hydroxylation sites is 1. The summed E-state index contributed by atoms with van der Waals surface area (Å²) in [5.41, 5.74) is 1.45. The van der Waals surface area contributed by atoms with Gasteiger partial charge in [0.05, 0.1) is 12.1 Å². The van der Waals surface area contributed by atoms with Crippen LogP contribution >= 0.6 is 0 Å². The van der Waals surface area contributed by atoms with E-state index in [1.165, 1.54) is 16.2 Å². The van der Waals surface area contributed by atoms with Crippen LogP contribution in [0.25, 0.3) is 21.7 Å². The summed E-state index contributed by atoms with van der Waals surface area (Å²) >= 11 is 0. The van der Waals surface area contributed by atoms with Crippen molar-refractivity contribution in [1.82, 2.24) is 17.3 Å². The third-order valence-electron chi connectivity index (χ3n) is 3.92. The van der Waals surface area contributed by atoms with E-state index in [0.717, 1.165) is 11.1 Å². The molecule has 0 aliphatic carbocycles. The van der Waals surface area contributed by atoms with Crippen molar-refractivity contribution in [2.45, 2.75) is 33.0 Å². The summed E-state index contributed by atoms with van der Waals surface area (Å²) in [6.07, 6.45) is 0.704. The first kappa shape index (κ1) is 41.8. The monoisotopic (exact) mass is 732 g/mol. The Balaban J connectivity index is -0.000000213. The number of carbonyl (C=O) groups is 1. The Kier molecular flexibility index (Phi) is 23.9. The zero-order valence-corrected chi connectivity index (χ0v) is 24.3. The van der Waals surface area contributed by atoms with Crippen molar-refractivity contribution in [2.75, 3.05) is 0 Å². The SMILES string of the molecule is CC(C)(C)OC(=O)O.N.N.O=[N+]([O-])O.OCc1ccccc1.[Cl-].[Pt+4].c1ccc2c(c1)cnc1ccccc12.